The number of β-lactam (4-membered cyclic amide) rings is 1. The van der Waals surface area contributed by atoms with Gasteiger partial charge >= 0.3 is 0 Å². The third kappa shape index (κ3) is 3.60. The molecule has 6 heteroatoms. The Morgan fingerprint density at radius 3 is 2.03 bits per heavy atom. The van der Waals surface area contributed by atoms with E-state index in [2.05, 4.69) is 39.2 Å². The quantitative estimate of drug-likeness (QED) is 0.422. The number of carbonyl (C=O) groups excluding carboxylic acids is 3. The zero-order valence-electron chi connectivity index (χ0n) is 20.8. The predicted octanol–water partition coefficient (Wildman–Crippen LogP) is 5.28. The number of benzene rings is 2. The average molecular weight is 464 g/mol. The molecule has 33 heavy (non-hydrogen) atoms. The van der Waals surface area contributed by atoms with Crippen molar-refractivity contribution in [1.29, 1.82) is 0 Å². The van der Waals surface area contributed by atoms with Crippen LogP contribution in [0.25, 0.3) is 0 Å². The highest BCUT2D eigenvalue weighted by Gasteiger charge is 2.49. The standard InChI is InChI=1S/C27H33NO4Si/c1-14-13-19(23-22(26(31)28-23)16(3)32-33(7,8)27(4,5)6)15(2)21-20(14)24(29)17-11-9-10-12-18(17)25(21)30/h9-13,16,22-23H,1-8H3,(H,28,31)/t16-,22-,23-/m1/s1. The molecule has 0 aromatic heterocycles. The van der Waals surface area contributed by atoms with E-state index in [-0.39, 0.29) is 40.6 Å². The summed E-state index contributed by atoms with van der Waals surface area (Å²) in [5.41, 5.74) is 4.26. The van der Waals surface area contributed by atoms with Gasteiger partial charge in [0.15, 0.2) is 19.9 Å². The minimum atomic E-state index is -2.06. The van der Waals surface area contributed by atoms with Gasteiger partial charge in [0, 0.05) is 22.3 Å². The summed E-state index contributed by atoms with van der Waals surface area (Å²) in [6.45, 7) is 16.6. The molecule has 0 bridgehead atoms. The Balaban J connectivity index is 1.74. The fourth-order valence-electron chi connectivity index (χ4n) is 4.86. The van der Waals surface area contributed by atoms with Gasteiger partial charge in [-0.05, 0) is 55.6 Å². The first kappa shape index (κ1) is 23.6. The van der Waals surface area contributed by atoms with Crippen molar-refractivity contribution in [2.75, 3.05) is 0 Å². The number of hydrogen-bond acceptors (Lipinski definition) is 4. The van der Waals surface area contributed by atoms with Gasteiger partial charge in [-0.25, -0.2) is 0 Å². The molecule has 2 aromatic carbocycles. The van der Waals surface area contributed by atoms with E-state index in [1.54, 1.807) is 24.3 Å². The molecule has 2 aliphatic rings. The van der Waals surface area contributed by atoms with Crippen LogP contribution in [0.15, 0.2) is 30.3 Å². The maximum atomic E-state index is 13.4. The molecule has 1 saturated heterocycles. The van der Waals surface area contributed by atoms with Crippen LogP contribution in [0.2, 0.25) is 18.1 Å². The summed E-state index contributed by atoms with van der Waals surface area (Å²) in [6, 6.07) is 8.70. The van der Waals surface area contributed by atoms with Crippen molar-refractivity contribution in [3.63, 3.8) is 0 Å². The fourth-order valence-corrected chi connectivity index (χ4v) is 6.28. The molecule has 1 amide bonds. The fraction of sp³-hybridized carbons (Fsp3) is 0.444. The number of carbonyl (C=O) groups is 3. The molecule has 4 rings (SSSR count). The average Bonchev–Trinajstić information content (AvgIpc) is 2.70. The zero-order chi connectivity index (χ0) is 24.5. The van der Waals surface area contributed by atoms with Crippen LogP contribution < -0.4 is 5.32 Å². The molecule has 0 radical (unpaired) electrons. The lowest BCUT2D eigenvalue weighted by molar-refractivity contribution is -0.140. The summed E-state index contributed by atoms with van der Waals surface area (Å²) in [6.07, 6.45) is -0.251. The smallest absolute Gasteiger partial charge is 0.228 e. The van der Waals surface area contributed by atoms with Crippen LogP contribution in [0.1, 0.15) is 82.3 Å². The summed E-state index contributed by atoms with van der Waals surface area (Å²) in [5, 5.41) is 3.07. The third-order valence-corrected chi connectivity index (χ3v) is 12.4. The maximum absolute atomic E-state index is 13.4. The molecule has 1 fully saturated rings. The molecule has 1 heterocycles. The highest BCUT2D eigenvalue weighted by molar-refractivity contribution is 6.74. The van der Waals surface area contributed by atoms with Gasteiger partial charge in [0.05, 0.1) is 18.1 Å². The number of nitrogens with one attached hydrogen (secondary N) is 1. The Labute approximate surface area is 197 Å². The van der Waals surface area contributed by atoms with E-state index in [1.807, 2.05) is 26.8 Å². The van der Waals surface area contributed by atoms with E-state index in [4.69, 9.17) is 4.43 Å². The van der Waals surface area contributed by atoms with E-state index in [1.165, 1.54) is 0 Å². The van der Waals surface area contributed by atoms with Gasteiger partial charge < -0.3 is 9.74 Å². The van der Waals surface area contributed by atoms with Crippen molar-refractivity contribution >= 4 is 25.8 Å². The Kier molecular flexibility index (Phi) is 5.53. The molecule has 0 unspecified atom stereocenters. The lowest BCUT2D eigenvalue weighted by Crippen LogP contribution is -2.59. The first-order valence-corrected chi connectivity index (χ1v) is 14.5. The second-order valence-electron chi connectivity index (χ2n) is 11.0. The van der Waals surface area contributed by atoms with Crippen LogP contribution >= 0.6 is 0 Å². The molecule has 0 spiro atoms. The monoisotopic (exact) mass is 463 g/mol. The van der Waals surface area contributed by atoms with E-state index < -0.39 is 8.32 Å². The topological polar surface area (TPSA) is 72.5 Å². The van der Waals surface area contributed by atoms with Crippen molar-refractivity contribution in [1.82, 2.24) is 5.32 Å². The van der Waals surface area contributed by atoms with Gasteiger partial charge in [-0.1, -0.05) is 51.1 Å². The van der Waals surface area contributed by atoms with Crippen LogP contribution in [-0.4, -0.2) is 31.9 Å². The Bertz CT molecular complexity index is 1190. The van der Waals surface area contributed by atoms with Gasteiger partial charge in [-0.2, -0.15) is 0 Å². The lowest BCUT2D eigenvalue weighted by Gasteiger charge is -2.46. The SMILES string of the molecule is Cc1cc([C@H]2NC(=O)[C@@H]2[C@@H](C)O[Si](C)(C)C(C)(C)C)c(C)c2c1C(=O)c1ccccc1C2=O. The van der Waals surface area contributed by atoms with E-state index in [0.29, 0.717) is 22.3 Å². The number of aryl methyl sites for hydroxylation is 1. The third-order valence-electron chi connectivity index (χ3n) is 7.78. The number of ketones is 2. The minimum Gasteiger partial charge on any atom is -0.413 e. The van der Waals surface area contributed by atoms with Crippen LogP contribution in [0.3, 0.4) is 0 Å². The highest BCUT2D eigenvalue weighted by atomic mass is 28.4. The maximum Gasteiger partial charge on any atom is 0.228 e. The van der Waals surface area contributed by atoms with Crippen molar-refractivity contribution < 1.29 is 18.8 Å². The minimum absolute atomic E-state index is 0.0336. The predicted molar refractivity (Wildman–Crippen MR) is 131 cm³/mol. The first-order chi connectivity index (χ1) is 15.3. The summed E-state index contributed by atoms with van der Waals surface area (Å²) < 4.78 is 6.55. The molecule has 0 saturated carbocycles. The Morgan fingerprint density at radius 1 is 0.970 bits per heavy atom. The van der Waals surface area contributed by atoms with Crippen LogP contribution in [0, 0.1) is 19.8 Å². The molecular weight excluding hydrogens is 430 g/mol. The van der Waals surface area contributed by atoms with Gasteiger partial charge in [0.1, 0.15) is 0 Å². The number of fused-ring (bicyclic) bond motifs is 2. The second-order valence-corrected chi connectivity index (χ2v) is 15.7. The molecule has 2 aromatic rings. The number of hydrogen-bond donors (Lipinski definition) is 1. The van der Waals surface area contributed by atoms with Crippen molar-refractivity contribution in [2.24, 2.45) is 5.92 Å². The molecular formula is C27H33NO4Si. The second kappa shape index (κ2) is 7.74. The van der Waals surface area contributed by atoms with Crippen molar-refractivity contribution in [3.8, 4) is 0 Å². The number of rotatable bonds is 4. The summed E-state index contributed by atoms with van der Waals surface area (Å²) in [4.78, 5) is 39.3. The molecule has 3 atom stereocenters. The van der Waals surface area contributed by atoms with Crippen molar-refractivity contribution in [3.05, 3.63) is 69.3 Å². The van der Waals surface area contributed by atoms with E-state index in [0.717, 1.165) is 16.7 Å². The lowest BCUT2D eigenvalue weighted by atomic mass is 9.74. The Morgan fingerprint density at radius 2 is 1.52 bits per heavy atom. The first-order valence-electron chi connectivity index (χ1n) is 11.6. The van der Waals surface area contributed by atoms with Crippen LogP contribution in [0.4, 0.5) is 0 Å². The molecule has 174 valence electrons. The van der Waals surface area contributed by atoms with Crippen LogP contribution in [0.5, 0.6) is 0 Å². The van der Waals surface area contributed by atoms with E-state index >= 15 is 0 Å². The van der Waals surface area contributed by atoms with Crippen molar-refractivity contribution in [2.45, 2.75) is 71.8 Å². The van der Waals surface area contributed by atoms with Gasteiger partial charge in [0.2, 0.25) is 5.91 Å². The highest BCUT2D eigenvalue weighted by Crippen LogP contribution is 2.43. The van der Waals surface area contributed by atoms with Gasteiger partial charge in [0.25, 0.3) is 0 Å². The molecule has 5 nitrogen and oxygen atoms in total. The zero-order valence-corrected chi connectivity index (χ0v) is 21.8. The van der Waals surface area contributed by atoms with Crippen LogP contribution in [-0.2, 0) is 9.22 Å². The summed E-state index contributed by atoms with van der Waals surface area (Å²) >= 11 is 0. The molecule has 1 aliphatic carbocycles. The Hall–Kier alpha value is -2.57. The molecule has 1 N–H and O–H groups in total. The summed E-state index contributed by atoms with van der Waals surface area (Å²) in [7, 11) is -2.06. The largest absolute Gasteiger partial charge is 0.413 e. The van der Waals surface area contributed by atoms with E-state index in [9.17, 15) is 14.4 Å². The normalized spacial score (nSPS) is 21.2. The number of amides is 1. The van der Waals surface area contributed by atoms with Gasteiger partial charge in [-0.3, -0.25) is 14.4 Å². The summed E-state index contributed by atoms with van der Waals surface area (Å²) in [5.74, 6) is -0.614. The van der Waals surface area contributed by atoms with Gasteiger partial charge in [-0.15, -0.1) is 0 Å². The molecule has 1 aliphatic heterocycles.